The molecule has 0 saturated carbocycles. The first-order chi connectivity index (χ1) is 23.6. The SMILES string of the molecule is C1=CNCC1.C1=COCC1.C1=CSCC1.C1=NCCC1.C1=NCCO1.C1=NCCS1.C1=NNCC1.C1CNN=N1.O=C1CCS(=O)(=O)N1. The molecule has 0 radical (unpaired) electrons. The topological polar surface area (TPSA) is 192 Å². The highest BCUT2D eigenvalue weighted by Crippen LogP contribution is 2.11. The van der Waals surface area contributed by atoms with Gasteiger partial charge in [-0.05, 0) is 49.6 Å². The van der Waals surface area contributed by atoms with E-state index < -0.39 is 15.9 Å². The fourth-order valence-electron chi connectivity index (χ4n) is 3.16. The van der Waals surface area contributed by atoms with Gasteiger partial charge in [-0.2, -0.15) is 10.2 Å². The van der Waals surface area contributed by atoms with Gasteiger partial charge in [0, 0.05) is 63.2 Å². The van der Waals surface area contributed by atoms with Crippen molar-refractivity contribution in [3.05, 3.63) is 36.1 Å². The lowest BCUT2D eigenvalue weighted by Gasteiger charge is -1.85. The molecular formula is C30H52N10O5S3. The van der Waals surface area contributed by atoms with E-state index in [1.54, 1.807) is 18.0 Å². The lowest BCUT2D eigenvalue weighted by atomic mass is 10.4. The van der Waals surface area contributed by atoms with Crippen LogP contribution in [-0.2, 0) is 24.3 Å². The molecule has 0 spiro atoms. The van der Waals surface area contributed by atoms with Gasteiger partial charge in [0.25, 0.3) is 0 Å². The molecular weight excluding hydrogens is 677 g/mol. The van der Waals surface area contributed by atoms with Crippen molar-refractivity contribution in [3.8, 4) is 0 Å². The molecule has 0 aromatic rings. The highest BCUT2D eigenvalue weighted by Gasteiger charge is 2.22. The second kappa shape index (κ2) is 33.5. The first-order valence-corrected chi connectivity index (χ1v) is 19.8. The van der Waals surface area contributed by atoms with Crippen molar-refractivity contribution >= 4 is 63.8 Å². The van der Waals surface area contributed by atoms with E-state index in [9.17, 15) is 13.2 Å². The summed E-state index contributed by atoms with van der Waals surface area (Å²) in [6.07, 6.45) is 22.7. The van der Waals surface area contributed by atoms with E-state index in [1.807, 2.05) is 46.7 Å². The Labute approximate surface area is 294 Å². The zero-order chi connectivity index (χ0) is 34.5. The van der Waals surface area contributed by atoms with Crippen LogP contribution in [0.25, 0.3) is 0 Å². The second-order valence-electron chi connectivity index (χ2n) is 9.68. The second-order valence-corrected chi connectivity index (χ2v) is 13.5. The van der Waals surface area contributed by atoms with Gasteiger partial charge in [0.05, 0.1) is 43.8 Å². The molecule has 9 rings (SSSR count). The Balaban J connectivity index is 0.000000271. The number of nitrogens with zero attached hydrogens (tertiary/aromatic N) is 6. The van der Waals surface area contributed by atoms with Gasteiger partial charge >= 0.3 is 0 Å². The average Bonchev–Trinajstić information content (AvgIpc) is 4.00. The number of aliphatic imine (C=N–C) groups is 3. The zero-order valence-electron chi connectivity index (χ0n) is 27.7. The van der Waals surface area contributed by atoms with Crippen LogP contribution >= 0.6 is 23.5 Å². The maximum absolute atomic E-state index is 10.3. The summed E-state index contributed by atoms with van der Waals surface area (Å²) < 4.78 is 31.9. The number of amides is 1. The summed E-state index contributed by atoms with van der Waals surface area (Å²) in [7, 11) is -3.20. The number of nitrogens with one attached hydrogen (secondary N) is 4. The van der Waals surface area contributed by atoms with Crippen LogP contribution in [0.3, 0.4) is 0 Å². The van der Waals surface area contributed by atoms with Crippen LogP contribution in [0.2, 0.25) is 0 Å². The Morgan fingerprint density at radius 1 is 0.771 bits per heavy atom. The summed E-state index contributed by atoms with van der Waals surface area (Å²) in [5.74, 6) is 2.05. The van der Waals surface area contributed by atoms with Crippen LogP contribution in [0.15, 0.2) is 66.5 Å². The molecule has 9 aliphatic heterocycles. The predicted molar refractivity (Wildman–Crippen MR) is 201 cm³/mol. The van der Waals surface area contributed by atoms with Crippen molar-refractivity contribution in [1.29, 1.82) is 0 Å². The highest BCUT2D eigenvalue weighted by atomic mass is 32.2. The van der Waals surface area contributed by atoms with Crippen molar-refractivity contribution < 1.29 is 22.7 Å². The summed E-state index contributed by atoms with van der Waals surface area (Å²) in [5, 5.41) is 16.0. The standard InChI is InChI=1S/2C4H7N.C4H6O.C4H6S.C3H6N2.C3H5NO3S.C3H5NO.C3H5NS.C2H5N3/c5*1-2-4-5-3-1;5-3-1-2-8(6,7)4-3;2*1-2-5-3-4-1;1-2-4-5-3-1/h3H,1-2,4H2;1,3,5H,2,4H2;2*1,3H,2,4H2;2,5H,1,3H2;1-2H2,(H,4,5);2*3H,1-2H2;1-2H2,(H,3,4). The molecule has 270 valence electrons. The van der Waals surface area contributed by atoms with E-state index in [4.69, 9.17) is 4.74 Å². The van der Waals surface area contributed by atoms with Crippen molar-refractivity contribution in [2.45, 2.75) is 44.9 Å². The van der Waals surface area contributed by atoms with Gasteiger partial charge in [-0.3, -0.25) is 29.9 Å². The van der Waals surface area contributed by atoms with Crippen LogP contribution in [0.1, 0.15) is 44.9 Å². The Bertz CT molecular complexity index is 906. The van der Waals surface area contributed by atoms with E-state index >= 15 is 0 Å². The molecule has 1 fully saturated rings. The van der Waals surface area contributed by atoms with Gasteiger partial charge in [-0.25, -0.2) is 8.42 Å². The van der Waals surface area contributed by atoms with E-state index in [1.165, 1.54) is 43.6 Å². The molecule has 4 N–H and O–H groups in total. The molecule has 48 heavy (non-hydrogen) atoms. The first kappa shape index (κ1) is 42.6. The van der Waals surface area contributed by atoms with E-state index in [0.29, 0.717) is 0 Å². The number of carbonyl (C=O) groups excluding carboxylic acids is 1. The predicted octanol–water partition coefficient (Wildman–Crippen LogP) is 3.47. The first-order valence-electron chi connectivity index (χ1n) is 16.1. The van der Waals surface area contributed by atoms with Crippen LogP contribution in [-0.4, -0.2) is 115 Å². The molecule has 15 nitrogen and oxygen atoms in total. The van der Waals surface area contributed by atoms with Crippen molar-refractivity contribution in [2.24, 2.45) is 30.4 Å². The number of hydrazone groups is 1. The molecule has 9 aliphatic rings. The molecule has 18 heteroatoms. The van der Waals surface area contributed by atoms with Crippen molar-refractivity contribution in [1.82, 2.24) is 20.9 Å². The summed E-state index contributed by atoms with van der Waals surface area (Å²) in [5.41, 5.74) is 7.38. The molecule has 0 unspecified atom stereocenters. The molecule has 0 atom stereocenters. The van der Waals surface area contributed by atoms with Crippen LogP contribution in [0.4, 0.5) is 0 Å². The third-order valence-electron chi connectivity index (χ3n) is 5.50. The minimum Gasteiger partial charge on any atom is -0.501 e. The number of carbonyl (C=O) groups is 1. The van der Waals surface area contributed by atoms with Gasteiger partial charge in [0.15, 0.2) is 6.40 Å². The maximum atomic E-state index is 10.3. The number of hydrogen-bond acceptors (Lipinski definition) is 16. The number of ether oxygens (including phenoxy) is 2. The molecule has 9 heterocycles. The van der Waals surface area contributed by atoms with Gasteiger partial charge in [-0.1, -0.05) is 17.4 Å². The minimum absolute atomic E-state index is 0.0498. The Morgan fingerprint density at radius 2 is 1.71 bits per heavy atom. The fraction of sp³-hybridized carbons (Fsp3) is 0.633. The van der Waals surface area contributed by atoms with E-state index in [2.05, 4.69) is 68.9 Å². The van der Waals surface area contributed by atoms with Gasteiger partial charge in [0.2, 0.25) is 15.9 Å². The maximum Gasteiger partial charge on any atom is 0.235 e. The molecule has 0 aliphatic carbocycles. The number of allylic oxidation sites excluding steroid dienone is 1. The Morgan fingerprint density at radius 3 is 1.90 bits per heavy atom. The molecule has 0 bridgehead atoms. The average molecular weight is 729 g/mol. The van der Waals surface area contributed by atoms with Crippen LogP contribution < -0.4 is 20.9 Å². The molecule has 1 amide bonds. The Kier molecular flexibility index (Phi) is 29.8. The quantitative estimate of drug-likeness (QED) is 0.287. The third-order valence-corrected chi connectivity index (χ3v) is 8.36. The van der Waals surface area contributed by atoms with Crippen LogP contribution in [0.5, 0.6) is 0 Å². The number of thioether (sulfide) groups is 2. The number of rotatable bonds is 0. The number of sulfonamides is 1. The van der Waals surface area contributed by atoms with Crippen molar-refractivity contribution in [3.63, 3.8) is 0 Å². The lowest BCUT2D eigenvalue weighted by Crippen LogP contribution is -2.20. The van der Waals surface area contributed by atoms with Crippen LogP contribution in [0, 0.1) is 0 Å². The summed E-state index contributed by atoms with van der Waals surface area (Å²) in [6.45, 7) is 8.55. The Hall–Kier alpha value is -3.38. The highest BCUT2D eigenvalue weighted by molar-refractivity contribution is 8.12. The summed E-state index contributed by atoms with van der Waals surface area (Å²) in [4.78, 5) is 21.8. The summed E-state index contributed by atoms with van der Waals surface area (Å²) in [6, 6.07) is 0. The molecule has 1 saturated heterocycles. The zero-order valence-corrected chi connectivity index (χ0v) is 30.1. The fourth-order valence-corrected chi connectivity index (χ4v) is 5.37. The largest absolute Gasteiger partial charge is 0.501 e. The van der Waals surface area contributed by atoms with Gasteiger partial charge < -0.3 is 20.2 Å². The van der Waals surface area contributed by atoms with Gasteiger partial charge in [-0.15, -0.1) is 23.5 Å². The normalized spacial score (nSPS) is 20.7. The smallest absolute Gasteiger partial charge is 0.235 e. The minimum atomic E-state index is -3.20. The third kappa shape index (κ3) is 32.6. The molecule has 0 aromatic carbocycles. The van der Waals surface area contributed by atoms with Gasteiger partial charge in [0.1, 0.15) is 6.61 Å². The van der Waals surface area contributed by atoms with Crippen molar-refractivity contribution in [2.75, 3.05) is 76.3 Å². The lowest BCUT2D eigenvalue weighted by molar-refractivity contribution is -0.118. The number of hydrogen-bond donors (Lipinski definition) is 4. The monoisotopic (exact) mass is 728 g/mol. The molecule has 0 aromatic heterocycles. The van der Waals surface area contributed by atoms with E-state index in [0.717, 1.165) is 71.9 Å². The van der Waals surface area contributed by atoms with E-state index in [-0.39, 0.29) is 12.2 Å². The summed E-state index contributed by atoms with van der Waals surface area (Å²) >= 11 is 3.68.